The summed E-state index contributed by atoms with van der Waals surface area (Å²) in [6.45, 7) is 6.30. The van der Waals surface area contributed by atoms with E-state index in [4.69, 9.17) is 0 Å². The zero-order chi connectivity index (χ0) is 43.7. The van der Waals surface area contributed by atoms with E-state index in [0.29, 0.717) is 0 Å². The molecule has 9 aromatic rings. The predicted octanol–water partition coefficient (Wildman–Crippen LogP) is 17.6. The number of para-hydroxylation sites is 2. The van der Waals surface area contributed by atoms with Crippen molar-refractivity contribution in [1.82, 2.24) is 0 Å². The van der Waals surface area contributed by atoms with Gasteiger partial charge in [-0.2, -0.15) is 0 Å². The second kappa shape index (κ2) is 19.3. The third-order valence-corrected chi connectivity index (χ3v) is 11.5. The molecule has 0 N–H and O–H groups in total. The number of aryl methyl sites for hydroxylation is 2. The maximum Gasteiger partial charge on any atom is 0.0463 e. The van der Waals surface area contributed by atoms with E-state index in [1.54, 1.807) is 0 Å². The van der Waals surface area contributed by atoms with Gasteiger partial charge in [0.1, 0.15) is 0 Å². The quantitative estimate of drug-likeness (QED) is 0.107. The molecule has 0 saturated carbocycles. The molecule has 3 nitrogen and oxygen atoms in total. The molecule has 0 atom stereocenters. The summed E-state index contributed by atoms with van der Waals surface area (Å²) in [6, 6.07) is 82.7. The van der Waals surface area contributed by atoms with Crippen LogP contribution in [0.5, 0.6) is 0 Å². The first kappa shape index (κ1) is 41.2. The molecule has 3 heteroatoms. The van der Waals surface area contributed by atoms with Gasteiger partial charge in [-0.25, -0.2) is 0 Å². The summed E-state index contributed by atoms with van der Waals surface area (Å²) in [6.07, 6.45) is 8.53. The van der Waals surface area contributed by atoms with Crippen molar-refractivity contribution in [3.05, 3.63) is 264 Å². The van der Waals surface area contributed by atoms with Gasteiger partial charge in [-0.1, -0.05) is 157 Å². The second-order valence-electron chi connectivity index (χ2n) is 16.1. The van der Waals surface area contributed by atoms with Gasteiger partial charge < -0.3 is 14.7 Å². The molecule has 0 unspecified atom stereocenters. The highest BCUT2D eigenvalue weighted by molar-refractivity contribution is 5.84. The second-order valence-corrected chi connectivity index (χ2v) is 16.1. The Morgan fingerprint density at radius 2 is 0.484 bits per heavy atom. The minimum absolute atomic E-state index is 1.08. The molecule has 0 aliphatic carbocycles. The van der Waals surface area contributed by atoms with Gasteiger partial charge in [0.15, 0.2) is 0 Å². The van der Waals surface area contributed by atoms with Crippen LogP contribution in [0.25, 0.3) is 29.4 Å². The van der Waals surface area contributed by atoms with Gasteiger partial charge in [0.25, 0.3) is 0 Å². The molecule has 0 fully saturated rings. The monoisotopic (exact) mass is 825 g/mol. The van der Waals surface area contributed by atoms with Crippen molar-refractivity contribution >= 4 is 69.4 Å². The van der Waals surface area contributed by atoms with Crippen LogP contribution in [0.2, 0.25) is 0 Å². The van der Waals surface area contributed by atoms with E-state index in [0.717, 1.165) is 67.9 Å². The minimum Gasteiger partial charge on any atom is -0.311 e. The average Bonchev–Trinajstić information content (AvgIpc) is 3.35. The Morgan fingerprint density at radius 1 is 0.250 bits per heavy atom. The van der Waals surface area contributed by atoms with E-state index in [2.05, 4.69) is 283 Å². The van der Waals surface area contributed by atoms with Crippen molar-refractivity contribution in [3.8, 4) is 11.1 Å². The summed E-state index contributed by atoms with van der Waals surface area (Å²) in [5.74, 6) is 0. The number of rotatable bonds is 13. The van der Waals surface area contributed by atoms with Crippen LogP contribution in [0, 0.1) is 13.8 Å². The van der Waals surface area contributed by atoms with E-state index < -0.39 is 0 Å². The lowest BCUT2D eigenvalue weighted by Crippen LogP contribution is -2.12. The Hall–Kier alpha value is -8.14. The normalized spacial score (nSPS) is 11.2. The van der Waals surface area contributed by atoms with Crippen molar-refractivity contribution in [3.63, 3.8) is 0 Å². The molecule has 0 amide bonds. The third kappa shape index (κ3) is 9.50. The Labute approximate surface area is 378 Å². The molecular weight excluding hydrogens is 775 g/mol. The van der Waals surface area contributed by atoms with Crippen LogP contribution in [0.4, 0.5) is 51.2 Å². The summed E-state index contributed by atoms with van der Waals surface area (Å²) in [5.41, 5.74) is 18.2. The number of allylic oxidation sites excluding steroid dienone is 1. The third-order valence-electron chi connectivity index (χ3n) is 11.5. The van der Waals surface area contributed by atoms with Gasteiger partial charge in [-0.05, 0) is 158 Å². The van der Waals surface area contributed by atoms with Crippen LogP contribution in [0.15, 0.2) is 237 Å². The van der Waals surface area contributed by atoms with Gasteiger partial charge in [0.2, 0.25) is 0 Å². The molecular formula is C61H51N3. The van der Waals surface area contributed by atoms with Crippen molar-refractivity contribution in [2.24, 2.45) is 0 Å². The molecule has 0 radical (unpaired) electrons. The first-order valence-electron chi connectivity index (χ1n) is 21.9. The minimum atomic E-state index is 1.08. The Bertz CT molecular complexity index is 2940. The van der Waals surface area contributed by atoms with Crippen molar-refractivity contribution < 1.29 is 0 Å². The molecule has 0 saturated heterocycles. The van der Waals surface area contributed by atoms with Gasteiger partial charge in [-0.3, -0.25) is 0 Å². The molecule has 9 aromatic carbocycles. The number of hydrogen-bond donors (Lipinski definition) is 0. The first-order valence-corrected chi connectivity index (χ1v) is 21.9. The van der Waals surface area contributed by atoms with Crippen molar-refractivity contribution in [2.45, 2.75) is 20.8 Å². The van der Waals surface area contributed by atoms with Crippen LogP contribution in [-0.4, -0.2) is 0 Å². The summed E-state index contributed by atoms with van der Waals surface area (Å²) in [5, 5.41) is 0. The topological polar surface area (TPSA) is 9.72 Å². The smallest absolute Gasteiger partial charge is 0.0463 e. The van der Waals surface area contributed by atoms with Gasteiger partial charge in [-0.15, -0.1) is 0 Å². The molecule has 0 aliphatic heterocycles. The average molecular weight is 826 g/mol. The first-order chi connectivity index (χ1) is 31.5. The molecule has 0 aromatic heterocycles. The molecule has 310 valence electrons. The number of nitrogens with zero attached hydrogens (tertiary/aromatic N) is 3. The molecule has 0 heterocycles. The number of hydrogen-bond acceptors (Lipinski definition) is 3. The molecule has 0 aliphatic rings. The van der Waals surface area contributed by atoms with Crippen molar-refractivity contribution in [1.29, 1.82) is 0 Å². The maximum atomic E-state index is 2.33. The zero-order valence-corrected chi connectivity index (χ0v) is 36.6. The lowest BCUT2D eigenvalue weighted by atomic mass is 10.0. The number of benzene rings is 9. The Balaban J connectivity index is 0.992. The Kier molecular flexibility index (Phi) is 12.4. The molecule has 0 spiro atoms. The molecule has 0 bridgehead atoms. The largest absolute Gasteiger partial charge is 0.311 e. The lowest BCUT2D eigenvalue weighted by Gasteiger charge is -2.28. The fourth-order valence-corrected chi connectivity index (χ4v) is 8.08. The van der Waals surface area contributed by atoms with Crippen LogP contribution >= 0.6 is 0 Å². The highest BCUT2D eigenvalue weighted by Gasteiger charge is 2.17. The lowest BCUT2D eigenvalue weighted by molar-refractivity contribution is 1.25. The summed E-state index contributed by atoms with van der Waals surface area (Å²) >= 11 is 0. The zero-order valence-electron chi connectivity index (χ0n) is 36.6. The van der Waals surface area contributed by atoms with Crippen LogP contribution < -0.4 is 14.7 Å². The van der Waals surface area contributed by atoms with Gasteiger partial charge >= 0.3 is 0 Å². The molecule has 64 heavy (non-hydrogen) atoms. The maximum absolute atomic E-state index is 2.33. The standard InChI is InChI=1S/C61H51N3/c1-4-11-48-24-34-56(35-25-48)62(53-12-7-5-8-13-53)58-38-28-51(29-39-58)52-30-40-59(41-31-52)64(55-32-18-47(3)19-33-55)61-44-42-60(43-45-61)63(54-14-9-6-10-15-54)57-36-26-50(27-37-57)23-22-49-20-16-46(2)17-21-49/h4-45H,1-3H3. The van der Waals surface area contributed by atoms with Crippen LogP contribution in [0.1, 0.15) is 34.7 Å². The van der Waals surface area contributed by atoms with E-state index >= 15 is 0 Å². The molecule has 9 rings (SSSR count). The van der Waals surface area contributed by atoms with E-state index in [1.165, 1.54) is 22.3 Å². The highest BCUT2D eigenvalue weighted by atomic mass is 15.2. The highest BCUT2D eigenvalue weighted by Crippen LogP contribution is 2.41. The summed E-state index contributed by atoms with van der Waals surface area (Å²) < 4.78 is 0. The van der Waals surface area contributed by atoms with E-state index in [9.17, 15) is 0 Å². The summed E-state index contributed by atoms with van der Waals surface area (Å²) in [7, 11) is 0. The number of anilines is 9. The fraction of sp³-hybridized carbons (Fsp3) is 0.0492. The van der Waals surface area contributed by atoms with Gasteiger partial charge in [0.05, 0.1) is 0 Å². The predicted molar refractivity (Wildman–Crippen MR) is 275 cm³/mol. The summed E-state index contributed by atoms with van der Waals surface area (Å²) in [4.78, 5) is 6.95. The van der Waals surface area contributed by atoms with Crippen molar-refractivity contribution in [2.75, 3.05) is 14.7 Å². The van der Waals surface area contributed by atoms with E-state index in [-0.39, 0.29) is 0 Å². The fourth-order valence-electron chi connectivity index (χ4n) is 8.08. The Morgan fingerprint density at radius 3 is 0.812 bits per heavy atom. The van der Waals surface area contributed by atoms with Crippen LogP contribution in [0.3, 0.4) is 0 Å². The van der Waals surface area contributed by atoms with Crippen LogP contribution in [-0.2, 0) is 0 Å². The van der Waals surface area contributed by atoms with E-state index in [1.807, 2.05) is 6.92 Å². The SMILES string of the molecule is CC=Cc1ccc(N(c2ccccc2)c2ccc(-c3ccc(N(c4ccc(C)cc4)c4ccc(N(c5ccccc5)c5ccc(C=Cc6ccc(C)cc6)cc5)cc4)cc3)cc2)cc1. The van der Waals surface area contributed by atoms with Gasteiger partial charge in [0, 0.05) is 51.2 Å².